The second-order valence-electron chi connectivity index (χ2n) is 5.74. The van der Waals surface area contributed by atoms with Crippen molar-refractivity contribution in [3.63, 3.8) is 0 Å². The highest BCUT2D eigenvalue weighted by molar-refractivity contribution is 5.77. The van der Waals surface area contributed by atoms with E-state index in [0.29, 0.717) is 0 Å². The molecule has 0 aromatic carbocycles. The van der Waals surface area contributed by atoms with E-state index in [-0.39, 0.29) is 11.8 Å². The van der Waals surface area contributed by atoms with Crippen molar-refractivity contribution in [1.29, 1.82) is 0 Å². The fourth-order valence-corrected chi connectivity index (χ4v) is 3.59. The third-order valence-corrected chi connectivity index (χ3v) is 4.53. The molecule has 3 unspecified atom stereocenters. The molecule has 3 fully saturated rings. The van der Waals surface area contributed by atoms with Gasteiger partial charge in [-0.1, -0.05) is 0 Å². The first-order valence-electron chi connectivity index (χ1n) is 6.24. The minimum absolute atomic E-state index is 0.105. The van der Waals surface area contributed by atoms with Crippen LogP contribution in [0.5, 0.6) is 0 Å². The number of likely N-dealkylation sites (tertiary alicyclic amines) is 1. The van der Waals surface area contributed by atoms with Crippen molar-refractivity contribution in [2.24, 2.45) is 29.4 Å². The molecule has 0 aromatic heterocycles. The lowest BCUT2D eigenvalue weighted by atomic mass is 10.0. The highest BCUT2D eigenvalue weighted by Crippen LogP contribution is 2.54. The zero-order valence-electron chi connectivity index (χ0n) is 9.19. The minimum Gasteiger partial charge on any atom is -0.369 e. The smallest absolute Gasteiger partial charge is 0.221 e. The van der Waals surface area contributed by atoms with Crippen LogP contribution >= 0.6 is 0 Å². The summed E-state index contributed by atoms with van der Waals surface area (Å²) in [5.74, 6) is 3.09. The Labute approximate surface area is 91.0 Å². The van der Waals surface area contributed by atoms with Gasteiger partial charge in [-0.2, -0.15) is 0 Å². The van der Waals surface area contributed by atoms with Crippen LogP contribution in [0.25, 0.3) is 0 Å². The maximum atomic E-state index is 11.0. The Kier molecular flexibility index (Phi) is 2.23. The summed E-state index contributed by atoms with van der Waals surface area (Å²) in [4.78, 5) is 13.5. The van der Waals surface area contributed by atoms with E-state index in [0.717, 1.165) is 37.3 Å². The van der Waals surface area contributed by atoms with Crippen LogP contribution in [0.15, 0.2) is 0 Å². The Morgan fingerprint density at radius 1 is 1.27 bits per heavy atom. The summed E-state index contributed by atoms with van der Waals surface area (Å²) in [6, 6.07) is 0. The second-order valence-corrected chi connectivity index (χ2v) is 5.74. The molecule has 1 saturated heterocycles. The van der Waals surface area contributed by atoms with Crippen molar-refractivity contribution in [3.8, 4) is 0 Å². The van der Waals surface area contributed by atoms with Crippen molar-refractivity contribution in [2.45, 2.75) is 25.7 Å². The number of carbonyl (C=O) groups excluding carboxylic acids is 1. The van der Waals surface area contributed by atoms with Gasteiger partial charge in [-0.05, 0) is 50.0 Å². The summed E-state index contributed by atoms with van der Waals surface area (Å²) < 4.78 is 0. The summed E-state index contributed by atoms with van der Waals surface area (Å²) in [5.41, 5.74) is 5.33. The number of hydrogen-bond donors (Lipinski definition) is 1. The summed E-state index contributed by atoms with van der Waals surface area (Å²) in [6.45, 7) is 3.22. The van der Waals surface area contributed by atoms with Crippen LogP contribution < -0.4 is 5.73 Å². The Morgan fingerprint density at radius 2 is 2.00 bits per heavy atom. The zero-order valence-corrected chi connectivity index (χ0v) is 9.19. The molecule has 84 valence electrons. The molecule has 2 saturated carbocycles. The lowest BCUT2D eigenvalue weighted by Gasteiger charge is -2.20. The molecule has 0 aromatic rings. The molecule has 3 heteroatoms. The average molecular weight is 208 g/mol. The molecular formula is C12H20N2O. The molecule has 2 aliphatic carbocycles. The molecule has 0 bridgehead atoms. The van der Waals surface area contributed by atoms with Gasteiger partial charge in [0.1, 0.15) is 0 Å². The molecule has 1 heterocycles. The fraction of sp³-hybridized carbons (Fsp3) is 0.917. The maximum absolute atomic E-state index is 11.0. The van der Waals surface area contributed by atoms with Crippen molar-refractivity contribution in [3.05, 3.63) is 0 Å². The number of nitrogens with zero attached hydrogens (tertiary/aromatic N) is 1. The van der Waals surface area contributed by atoms with Crippen LogP contribution in [0, 0.1) is 23.7 Å². The van der Waals surface area contributed by atoms with Gasteiger partial charge in [0.2, 0.25) is 5.91 Å². The van der Waals surface area contributed by atoms with Crippen LogP contribution in [0.2, 0.25) is 0 Å². The third kappa shape index (κ3) is 1.89. The van der Waals surface area contributed by atoms with E-state index in [2.05, 4.69) is 4.90 Å². The van der Waals surface area contributed by atoms with Gasteiger partial charge in [-0.3, -0.25) is 4.79 Å². The van der Waals surface area contributed by atoms with E-state index < -0.39 is 0 Å². The monoisotopic (exact) mass is 208 g/mol. The quantitative estimate of drug-likeness (QED) is 0.747. The largest absolute Gasteiger partial charge is 0.369 e. The van der Waals surface area contributed by atoms with Gasteiger partial charge in [0, 0.05) is 13.1 Å². The Balaban J connectivity index is 1.46. The fourth-order valence-electron chi connectivity index (χ4n) is 3.59. The molecule has 3 rings (SSSR count). The number of carbonyl (C=O) groups is 1. The van der Waals surface area contributed by atoms with Crippen LogP contribution in [0.3, 0.4) is 0 Å². The molecule has 3 nitrogen and oxygen atoms in total. The van der Waals surface area contributed by atoms with Crippen molar-refractivity contribution in [1.82, 2.24) is 4.90 Å². The molecule has 0 radical (unpaired) electrons. The lowest BCUT2D eigenvalue weighted by molar-refractivity contribution is -0.121. The number of amides is 1. The molecule has 0 spiro atoms. The average Bonchev–Trinajstić information content (AvgIpc) is 2.66. The van der Waals surface area contributed by atoms with E-state index in [4.69, 9.17) is 5.73 Å². The van der Waals surface area contributed by atoms with Crippen LogP contribution in [-0.2, 0) is 4.79 Å². The molecule has 2 N–H and O–H groups in total. The molecule has 3 aliphatic rings. The number of hydrogen-bond acceptors (Lipinski definition) is 2. The Morgan fingerprint density at radius 3 is 2.60 bits per heavy atom. The molecule has 1 amide bonds. The van der Waals surface area contributed by atoms with E-state index >= 15 is 0 Å². The highest BCUT2D eigenvalue weighted by atomic mass is 16.1. The number of primary amides is 1. The molecular weight excluding hydrogens is 188 g/mol. The van der Waals surface area contributed by atoms with Gasteiger partial charge in [-0.15, -0.1) is 0 Å². The number of fused-ring (bicyclic) bond motifs is 1. The van der Waals surface area contributed by atoms with E-state index in [1.165, 1.54) is 25.8 Å². The second kappa shape index (κ2) is 3.48. The first kappa shape index (κ1) is 9.64. The van der Waals surface area contributed by atoms with Crippen LogP contribution in [0.1, 0.15) is 25.7 Å². The van der Waals surface area contributed by atoms with Gasteiger partial charge in [-0.25, -0.2) is 0 Å². The zero-order chi connectivity index (χ0) is 10.4. The van der Waals surface area contributed by atoms with Gasteiger partial charge < -0.3 is 10.6 Å². The van der Waals surface area contributed by atoms with E-state index in [1.54, 1.807) is 0 Å². The third-order valence-electron chi connectivity index (χ3n) is 4.53. The van der Waals surface area contributed by atoms with Crippen molar-refractivity contribution in [2.75, 3.05) is 19.6 Å². The lowest BCUT2D eigenvalue weighted by Crippen LogP contribution is -2.30. The summed E-state index contributed by atoms with van der Waals surface area (Å²) >= 11 is 0. The first-order chi connectivity index (χ1) is 7.22. The number of rotatable bonds is 3. The Bertz CT molecular complexity index is 269. The van der Waals surface area contributed by atoms with Crippen LogP contribution in [-0.4, -0.2) is 30.4 Å². The normalized spacial score (nSPS) is 44.3. The first-order valence-corrected chi connectivity index (χ1v) is 6.24. The predicted molar refractivity (Wildman–Crippen MR) is 58.1 cm³/mol. The van der Waals surface area contributed by atoms with E-state index in [1.807, 2.05) is 0 Å². The topological polar surface area (TPSA) is 46.3 Å². The van der Waals surface area contributed by atoms with Gasteiger partial charge in [0.25, 0.3) is 0 Å². The summed E-state index contributed by atoms with van der Waals surface area (Å²) in [6.07, 6.45) is 5.38. The molecule has 15 heavy (non-hydrogen) atoms. The maximum Gasteiger partial charge on any atom is 0.221 e. The Hall–Kier alpha value is -0.570. The summed E-state index contributed by atoms with van der Waals surface area (Å²) in [7, 11) is 0. The van der Waals surface area contributed by atoms with Crippen molar-refractivity contribution < 1.29 is 4.79 Å². The highest BCUT2D eigenvalue weighted by Gasteiger charge is 2.46. The minimum atomic E-state index is -0.105. The van der Waals surface area contributed by atoms with Crippen LogP contribution in [0.4, 0.5) is 0 Å². The predicted octanol–water partition coefficient (Wildman–Crippen LogP) is 0.840. The van der Waals surface area contributed by atoms with Gasteiger partial charge in [0.05, 0.1) is 5.92 Å². The van der Waals surface area contributed by atoms with Gasteiger partial charge >= 0.3 is 0 Å². The van der Waals surface area contributed by atoms with Crippen molar-refractivity contribution >= 4 is 5.91 Å². The molecule has 3 atom stereocenters. The SMILES string of the molecule is NC(=O)C1CCN(CC2CC3CC3C2)C1. The standard InChI is InChI=1S/C12H20N2O/c13-12(15)9-1-2-14(7-9)6-8-3-10-5-11(10)4-8/h8-11H,1-7H2,(H2,13,15). The van der Waals surface area contributed by atoms with Gasteiger partial charge in [0.15, 0.2) is 0 Å². The van der Waals surface area contributed by atoms with E-state index in [9.17, 15) is 4.79 Å². The summed E-state index contributed by atoms with van der Waals surface area (Å²) in [5, 5.41) is 0. The number of nitrogens with two attached hydrogens (primary N) is 1. The molecule has 1 aliphatic heterocycles.